The molecule has 3 heterocycles. The Hall–Kier alpha value is -2.16. The number of rotatable bonds is 9. The third kappa shape index (κ3) is 5.50. The Morgan fingerprint density at radius 2 is 1.90 bits per heavy atom. The highest BCUT2D eigenvalue weighted by molar-refractivity contribution is 7.99. The van der Waals surface area contributed by atoms with Gasteiger partial charge in [-0.25, -0.2) is 0 Å². The van der Waals surface area contributed by atoms with Crippen LogP contribution in [0.2, 0.25) is 0 Å². The molecular weight excluding hydrogens is 414 g/mol. The smallest absolute Gasteiger partial charge is 0.233 e. The van der Waals surface area contributed by atoms with Crippen molar-refractivity contribution >= 4 is 29.0 Å². The predicted octanol–water partition coefficient (Wildman–Crippen LogP) is 3.73. The minimum Gasteiger partial charge on any atom is -0.340 e. The van der Waals surface area contributed by atoms with Crippen molar-refractivity contribution in [1.29, 1.82) is 0 Å². The van der Waals surface area contributed by atoms with Gasteiger partial charge in [0.05, 0.1) is 25.4 Å². The highest BCUT2D eigenvalue weighted by atomic mass is 32.2. The minimum atomic E-state index is 0.101. The van der Waals surface area contributed by atoms with E-state index >= 15 is 0 Å². The molecule has 1 saturated heterocycles. The van der Waals surface area contributed by atoms with Crippen LogP contribution in [-0.2, 0) is 24.4 Å². The number of likely N-dealkylation sites (tertiary alicyclic amines) is 1. The van der Waals surface area contributed by atoms with Crippen molar-refractivity contribution in [3.63, 3.8) is 0 Å². The first-order valence-corrected chi connectivity index (χ1v) is 12.1. The Labute approximate surface area is 185 Å². The highest BCUT2D eigenvalue weighted by Gasteiger charge is 2.20. The van der Waals surface area contributed by atoms with Gasteiger partial charge in [0.25, 0.3) is 0 Å². The molecule has 1 aliphatic heterocycles. The molecule has 0 N–H and O–H groups in total. The van der Waals surface area contributed by atoms with Crippen molar-refractivity contribution < 1.29 is 4.79 Å². The molecule has 0 bridgehead atoms. The van der Waals surface area contributed by atoms with Gasteiger partial charge >= 0.3 is 0 Å². The number of carbonyl (C=O) groups excluding carboxylic acids is 1. The lowest BCUT2D eigenvalue weighted by Crippen LogP contribution is -2.27. The Bertz CT molecular complexity index is 936. The normalized spacial score (nSPS) is 14.3. The van der Waals surface area contributed by atoms with Gasteiger partial charge in [-0.05, 0) is 42.9 Å². The topological polar surface area (TPSA) is 54.3 Å². The number of benzene rings is 1. The molecule has 30 heavy (non-hydrogen) atoms. The van der Waals surface area contributed by atoms with Crippen molar-refractivity contribution in [2.45, 2.75) is 37.6 Å². The van der Waals surface area contributed by atoms with Crippen molar-refractivity contribution in [3.8, 4) is 0 Å². The molecule has 0 aliphatic carbocycles. The van der Waals surface area contributed by atoms with Crippen LogP contribution in [0.1, 0.15) is 29.1 Å². The molecule has 0 spiro atoms. The third-order valence-corrected chi connectivity index (χ3v) is 7.08. The predicted molar refractivity (Wildman–Crippen MR) is 122 cm³/mol. The van der Waals surface area contributed by atoms with E-state index in [9.17, 15) is 4.79 Å². The van der Waals surface area contributed by atoms with Crippen molar-refractivity contribution in [1.82, 2.24) is 24.6 Å². The first-order chi connectivity index (χ1) is 14.7. The molecule has 1 aromatic carbocycles. The summed E-state index contributed by atoms with van der Waals surface area (Å²) in [6.45, 7) is 4.42. The fourth-order valence-electron chi connectivity index (χ4n) is 3.57. The van der Waals surface area contributed by atoms with Crippen LogP contribution in [-0.4, -0.2) is 56.4 Å². The molecule has 0 radical (unpaired) electrons. The Morgan fingerprint density at radius 3 is 2.63 bits per heavy atom. The summed E-state index contributed by atoms with van der Waals surface area (Å²) in [6, 6.07) is 14.4. The summed E-state index contributed by atoms with van der Waals surface area (Å²) in [5.74, 6) is 1.44. The van der Waals surface area contributed by atoms with Gasteiger partial charge < -0.3 is 9.47 Å². The highest BCUT2D eigenvalue weighted by Crippen LogP contribution is 2.22. The molecule has 1 fully saturated rings. The van der Waals surface area contributed by atoms with Crippen molar-refractivity contribution in [2.24, 2.45) is 0 Å². The third-order valence-electron chi connectivity index (χ3n) is 5.26. The number of thiophene rings is 1. The molecule has 3 aromatic rings. The average molecular weight is 442 g/mol. The van der Waals surface area contributed by atoms with E-state index in [4.69, 9.17) is 0 Å². The van der Waals surface area contributed by atoms with Gasteiger partial charge in [0, 0.05) is 11.9 Å². The maximum Gasteiger partial charge on any atom is 0.233 e. The first kappa shape index (κ1) is 21.1. The van der Waals surface area contributed by atoms with E-state index in [-0.39, 0.29) is 5.91 Å². The van der Waals surface area contributed by atoms with Gasteiger partial charge in [0.2, 0.25) is 5.91 Å². The Morgan fingerprint density at radius 1 is 1.10 bits per heavy atom. The van der Waals surface area contributed by atoms with Gasteiger partial charge in [-0.3, -0.25) is 9.69 Å². The zero-order valence-corrected chi connectivity index (χ0v) is 18.9. The Kier molecular flexibility index (Phi) is 7.20. The maximum atomic E-state index is 12.6. The number of amides is 1. The second kappa shape index (κ2) is 10.2. The van der Waals surface area contributed by atoms with Crippen LogP contribution in [0, 0.1) is 0 Å². The summed E-state index contributed by atoms with van der Waals surface area (Å²) in [4.78, 5) is 18.0. The number of nitrogens with zero attached hydrogens (tertiary/aromatic N) is 5. The average Bonchev–Trinajstić information content (AvgIpc) is 3.52. The zero-order chi connectivity index (χ0) is 20.8. The van der Waals surface area contributed by atoms with Gasteiger partial charge in [-0.1, -0.05) is 48.2 Å². The second-order valence-corrected chi connectivity index (χ2v) is 9.55. The second-order valence-electron chi connectivity index (χ2n) is 7.57. The molecule has 0 saturated carbocycles. The quantitative estimate of drug-likeness (QED) is 0.474. The van der Waals surface area contributed by atoms with Crippen LogP contribution in [0.15, 0.2) is 53.0 Å². The largest absolute Gasteiger partial charge is 0.340 e. The number of carbonyl (C=O) groups is 1. The molecule has 4 rings (SSSR count). The summed E-state index contributed by atoms with van der Waals surface area (Å²) in [6.07, 6.45) is 2.50. The molecule has 8 heteroatoms. The van der Waals surface area contributed by atoms with Gasteiger partial charge in [-0.2, -0.15) is 0 Å². The van der Waals surface area contributed by atoms with E-state index in [0.717, 1.165) is 37.2 Å². The van der Waals surface area contributed by atoms with Crippen LogP contribution in [0.25, 0.3) is 0 Å². The summed E-state index contributed by atoms with van der Waals surface area (Å²) >= 11 is 3.15. The van der Waals surface area contributed by atoms with Crippen molar-refractivity contribution in [3.05, 3.63) is 64.1 Å². The maximum absolute atomic E-state index is 12.6. The molecule has 0 unspecified atom stereocenters. The standard InChI is InChI=1S/C22H27N5OS2/c1-25(15-19-10-7-13-29-19)21(28)17-30-22-24-23-20(16-26-11-5-6-12-26)27(22)14-18-8-3-2-4-9-18/h2-4,7-10,13H,5-6,11-12,14-17H2,1H3. The summed E-state index contributed by atoms with van der Waals surface area (Å²) in [7, 11) is 1.86. The lowest BCUT2D eigenvalue weighted by molar-refractivity contribution is -0.127. The monoisotopic (exact) mass is 441 g/mol. The van der Waals surface area contributed by atoms with E-state index in [1.807, 2.05) is 24.6 Å². The molecule has 0 atom stereocenters. The van der Waals surface area contributed by atoms with Crippen LogP contribution in [0.3, 0.4) is 0 Å². The summed E-state index contributed by atoms with van der Waals surface area (Å²) in [5.41, 5.74) is 1.21. The minimum absolute atomic E-state index is 0.101. The fraction of sp³-hybridized carbons (Fsp3) is 0.409. The zero-order valence-electron chi connectivity index (χ0n) is 17.2. The first-order valence-electron chi connectivity index (χ1n) is 10.3. The SMILES string of the molecule is CN(Cc1cccs1)C(=O)CSc1nnc(CN2CCCC2)n1Cc1ccccc1. The number of thioether (sulfide) groups is 1. The van der Waals surface area contributed by atoms with Gasteiger partial charge in [0.1, 0.15) is 5.82 Å². The lowest BCUT2D eigenvalue weighted by Gasteiger charge is -2.17. The van der Waals surface area contributed by atoms with Crippen LogP contribution in [0.5, 0.6) is 0 Å². The number of hydrogen-bond acceptors (Lipinski definition) is 6. The number of aromatic nitrogens is 3. The van der Waals surface area contributed by atoms with Gasteiger partial charge in [0.15, 0.2) is 5.16 Å². The van der Waals surface area contributed by atoms with Crippen LogP contribution < -0.4 is 0 Å². The van der Waals surface area contributed by atoms with Crippen LogP contribution >= 0.6 is 23.1 Å². The van der Waals surface area contributed by atoms with E-state index in [0.29, 0.717) is 12.3 Å². The van der Waals surface area contributed by atoms with E-state index in [2.05, 4.69) is 50.0 Å². The molecule has 158 valence electrons. The molecule has 2 aromatic heterocycles. The number of hydrogen-bond donors (Lipinski definition) is 0. The fourth-order valence-corrected chi connectivity index (χ4v) is 5.22. The van der Waals surface area contributed by atoms with Crippen molar-refractivity contribution in [2.75, 3.05) is 25.9 Å². The summed E-state index contributed by atoms with van der Waals surface area (Å²) in [5, 5.41) is 11.8. The van der Waals surface area contributed by atoms with E-state index < -0.39 is 0 Å². The Balaban J connectivity index is 1.44. The lowest BCUT2D eigenvalue weighted by atomic mass is 10.2. The molecule has 6 nitrogen and oxygen atoms in total. The molecule has 1 amide bonds. The summed E-state index contributed by atoms with van der Waals surface area (Å²) < 4.78 is 2.17. The van der Waals surface area contributed by atoms with E-state index in [1.54, 1.807) is 16.2 Å². The molecular formula is C22H27N5OS2. The van der Waals surface area contributed by atoms with Crippen LogP contribution in [0.4, 0.5) is 0 Å². The van der Waals surface area contributed by atoms with E-state index in [1.165, 1.54) is 35.0 Å². The molecule has 1 aliphatic rings. The van der Waals surface area contributed by atoms with Gasteiger partial charge in [-0.15, -0.1) is 21.5 Å².